The van der Waals surface area contributed by atoms with Gasteiger partial charge in [0, 0.05) is 28.3 Å². The van der Waals surface area contributed by atoms with Crippen LogP contribution in [0.3, 0.4) is 0 Å². The van der Waals surface area contributed by atoms with Gasteiger partial charge < -0.3 is 24.3 Å². The van der Waals surface area contributed by atoms with E-state index in [0.717, 1.165) is 11.1 Å². The van der Waals surface area contributed by atoms with Gasteiger partial charge in [0.2, 0.25) is 5.75 Å². The second-order valence-corrected chi connectivity index (χ2v) is 6.99. The standard InChI is InChI=1S/C24H24ClNO5/c1-28-21-12-11-17(22(29-2)23(21)30-3)14-26-24(27)16-8-6-9-19(13-16)31-15-18-7-4-5-10-20(18)25/h4-13H,14-15H2,1-3H3,(H,26,27). The number of hydrogen-bond donors (Lipinski definition) is 1. The fraction of sp³-hybridized carbons (Fsp3) is 0.208. The summed E-state index contributed by atoms with van der Waals surface area (Å²) in [5.74, 6) is 1.89. The van der Waals surface area contributed by atoms with Crippen LogP contribution >= 0.6 is 11.6 Å². The maximum Gasteiger partial charge on any atom is 0.251 e. The summed E-state index contributed by atoms with van der Waals surface area (Å²) in [6.45, 7) is 0.570. The highest BCUT2D eigenvalue weighted by molar-refractivity contribution is 6.31. The summed E-state index contributed by atoms with van der Waals surface area (Å²) in [4.78, 5) is 12.7. The predicted octanol–water partition coefficient (Wildman–Crippen LogP) is 4.87. The van der Waals surface area contributed by atoms with Crippen molar-refractivity contribution in [1.82, 2.24) is 5.32 Å². The molecule has 0 saturated heterocycles. The maximum absolute atomic E-state index is 12.7. The van der Waals surface area contributed by atoms with Crippen LogP contribution in [-0.4, -0.2) is 27.2 Å². The Balaban J connectivity index is 1.68. The highest BCUT2D eigenvalue weighted by Crippen LogP contribution is 2.39. The first-order valence-corrected chi connectivity index (χ1v) is 9.97. The molecular formula is C24H24ClNO5. The van der Waals surface area contributed by atoms with Gasteiger partial charge >= 0.3 is 0 Å². The van der Waals surface area contributed by atoms with Gasteiger partial charge in [-0.25, -0.2) is 0 Å². The Morgan fingerprint density at radius 3 is 2.35 bits per heavy atom. The van der Waals surface area contributed by atoms with Gasteiger partial charge in [0.1, 0.15) is 12.4 Å². The van der Waals surface area contributed by atoms with Crippen molar-refractivity contribution >= 4 is 17.5 Å². The van der Waals surface area contributed by atoms with Crippen LogP contribution in [0.1, 0.15) is 21.5 Å². The van der Waals surface area contributed by atoms with Crippen LogP contribution < -0.4 is 24.3 Å². The number of hydrogen-bond acceptors (Lipinski definition) is 5. The monoisotopic (exact) mass is 441 g/mol. The zero-order valence-electron chi connectivity index (χ0n) is 17.6. The zero-order chi connectivity index (χ0) is 22.2. The Labute approximate surface area is 186 Å². The molecule has 3 rings (SSSR count). The Morgan fingerprint density at radius 2 is 1.65 bits per heavy atom. The lowest BCUT2D eigenvalue weighted by atomic mass is 10.1. The number of ether oxygens (including phenoxy) is 4. The number of methoxy groups -OCH3 is 3. The lowest BCUT2D eigenvalue weighted by Gasteiger charge is -2.16. The molecule has 31 heavy (non-hydrogen) atoms. The quantitative estimate of drug-likeness (QED) is 0.513. The van der Waals surface area contributed by atoms with Gasteiger partial charge in [-0.3, -0.25) is 4.79 Å². The van der Waals surface area contributed by atoms with Crippen molar-refractivity contribution in [3.05, 3.63) is 82.4 Å². The first-order chi connectivity index (χ1) is 15.1. The third-order valence-corrected chi connectivity index (χ3v) is 5.04. The summed E-state index contributed by atoms with van der Waals surface area (Å²) < 4.78 is 21.9. The Kier molecular flexibility index (Phi) is 7.62. The van der Waals surface area contributed by atoms with E-state index in [9.17, 15) is 4.79 Å². The lowest BCUT2D eigenvalue weighted by Crippen LogP contribution is -2.23. The fourth-order valence-electron chi connectivity index (χ4n) is 3.08. The Morgan fingerprint density at radius 1 is 0.871 bits per heavy atom. The second-order valence-electron chi connectivity index (χ2n) is 6.58. The van der Waals surface area contributed by atoms with Gasteiger partial charge in [0.05, 0.1) is 21.3 Å². The summed E-state index contributed by atoms with van der Waals surface area (Å²) in [5, 5.41) is 3.54. The van der Waals surface area contributed by atoms with Crippen molar-refractivity contribution in [3.63, 3.8) is 0 Å². The molecule has 0 aliphatic rings. The SMILES string of the molecule is COc1ccc(CNC(=O)c2cccc(OCc3ccccc3Cl)c2)c(OC)c1OC. The van der Waals surface area contributed by atoms with Crippen molar-refractivity contribution in [2.75, 3.05) is 21.3 Å². The molecular weight excluding hydrogens is 418 g/mol. The van der Waals surface area contributed by atoms with Crippen molar-refractivity contribution in [1.29, 1.82) is 0 Å². The molecule has 1 amide bonds. The van der Waals surface area contributed by atoms with Crippen LogP contribution in [0.15, 0.2) is 60.7 Å². The third kappa shape index (κ3) is 5.41. The van der Waals surface area contributed by atoms with E-state index >= 15 is 0 Å². The van der Waals surface area contributed by atoms with Crippen LogP contribution in [0.25, 0.3) is 0 Å². The number of nitrogens with one attached hydrogen (secondary N) is 1. The normalized spacial score (nSPS) is 10.3. The van der Waals surface area contributed by atoms with E-state index in [1.807, 2.05) is 30.3 Å². The molecule has 0 aliphatic heterocycles. The first kappa shape index (κ1) is 22.3. The van der Waals surface area contributed by atoms with E-state index in [1.165, 1.54) is 7.11 Å². The van der Waals surface area contributed by atoms with E-state index in [2.05, 4.69) is 5.32 Å². The van der Waals surface area contributed by atoms with Crippen LogP contribution in [-0.2, 0) is 13.2 Å². The van der Waals surface area contributed by atoms with Crippen LogP contribution in [0.5, 0.6) is 23.0 Å². The molecule has 0 heterocycles. The average molecular weight is 442 g/mol. The van der Waals surface area contributed by atoms with Crippen molar-refractivity contribution in [3.8, 4) is 23.0 Å². The summed E-state index contributed by atoms with van der Waals surface area (Å²) in [5.41, 5.74) is 2.12. The van der Waals surface area contributed by atoms with Gasteiger partial charge in [-0.05, 0) is 36.4 Å². The van der Waals surface area contributed by atoms with E-state index < -0.39 is 0 Å². The fourth-order valence-corrected chi connectivity index (χ4v) is 3.27. The molecule has 162 valence electrons. The number of halogens is 1. The predicted molar refractivity (Wildman–Crippen MR) is 119 cm³/mol. The van der Waals surface area contributed by atoms with E-state index in [4.69, 9.17) is 30.5 Å². The minimum absolute atomic E-state index is 0.236. The van der Waals surface area contributed by atoms with E-state index in [-0.39, 0.29) is 12.5 Å². The number of benzene rings is 3. The summed E-state index contributed by atoms with van der Waals surface area (Å²) in [7, 11) is 4.64. The minimum Gasteiger partial charge on any atom is -0.493 e. The number of carbonyl (C=O) groups is 1. The highest BCUT2D eigenvalue weighted by Gasteiger charge is 2.16. The molecule has 0 saturated carbocycles. The Bertz CT molecular complexity index is 1050. The van der Waals surface area contributed by atoms with Crippen molar-refractivity contribution < 1.29 is 23.7 Å². The van der Waals surface area contributed by atoms with Gasteiger partial charge in [-0.15, -0.1) is 0 Å². The lowest BCUT2D eigenvalue weighted by molar-refractivity contribution is 0.0950. The smallest absolute Gasteiger partial charge is 0.251 e. The number of rotatable bonds is 9. The molecule has 3 aromatic rings. The number of carbonyl (C=O) groups excluding carboxylic acids is 1. The van der Waals surface area contributed by atoms with Gasteiger partial charge in [0.15, 0.2) is 11.5 Å². The van der Waals surface area contributed by atoms with E-state index in [1.54, 1.807) is 44.6 Å². The molecule has 0 aromatic heterocycles. The van der Waals surface area contributed by atoms with Gasteiger partial charge in [0.25, 0.3) is 5.91 Å². The average Bonchev–Trinajstić information content (AvgIpc) is 2.81. The zero-order valence-corrected chi connectivity index (χ0v) is 18.4. The maximum atomic E-state index is 12.7. The van der Waals surface area contributed by atoms with Gasteiger partial charge in [-0.2, -0.15) is 0 Å². The molecule has 3 aromatic carbocycles. The van der Waals surface area contributed by atoms with Crippen LogP contribution in [0.2, 0.25) is 5.02 Å². The molecule has 6 nitrogen and oxygen atoms in total. The summed E-state index contributed by atoms with van der Waals surface area (Å²) in [6, 6.07) is 18.1. The van der Waals surface area contributed by atoms with Crippen molar-refractivity contribution in [2.45, 2.75) is 13.2 Å². The molecule has 0 atom stereocenters. The first-order valence-electron chi connectivity index (χ1n) is 9.59. The minimum atomic E-state index is -0.236. The van der Waals surface area contributed by atoms with Gasteiger partial charge in [-0.1, -0.05) is 35.9 Å². The molecule has 1 N–H and O–H groups in total. The Hall–Kier alpha value is -3.38. The molecule has 7 heteroatoms. The molecule has 0 spiro atoms. The summed E-state index contributed by atoms with van der Waals surface area (Å²) in [6.07, 6.45) is 0. The van der Waals surface area contributed by atoms with E-state index in [0.29, 0.717) is 40.2 Å². The van der Waals surface area contributed by atoms with Crippen LogP contribution in [0, 0.1) is 0 Å². The third-order valence-electron chi connectivity index (χ3n) is 4.67. The largest absolute Gasteiger partial charge is 0.493 e. The molecule has 0 radical (unpaired) electrons. The molecule has 0 fully saturated rings. The van der Waals surface area contributed by atoms with Crippen LogP contribution in [0.4, 0.5) is 0 Å². The second kappa shape index (κ2) is 10.6. The molecule has 0 unspecified atom stereocenters. The van der Waals surface area contributed by atoms with Crippen molar-refractivity contribution in [2.24, 2.45) is 0 Å². The number of amides is 1. The highest BCUT2D eigenvalue weighted by atomic mass is 35.5. The summed E-state index contributed by atoms with van der Waals surface area (Å²) >= 11 is 6.17. The molecule has 0 aliphatic carbocycles. The molecule has 0 bridgehead atoms. The topological polar surface area (TPSA) is 66.0 Å².